The van der Waals surface area contributed by atoms with E-state index in [0.717, 1.165) is 0 Å². The van der Waals surface area contributed by atoms with Crippen LogP contribution in [0, 0.1) is 0 Å². The molecule has 0 saturated heterocycles. The summed E-state index contributed by atoms with van der Waals surface area (Å²) in [5.41, 5.74) is 8.08. The zero-order chi connectivity index (χ0) is 10.7. The average molecular weight is 220 g/mol. The summed E-state index contributed by atoms with van der Waals surface area (Å²) in [6, 6.07) is 6.86. The number of rotatable bonds is 2. The van der Waals surface area contributed by atoms with E-state index < -0.39 is 0 Å². The normalized spacial score (nSPS) is 9.87. The van der Waals surface area contributed by atoms with Gasteiger partial charge in [-0.2, -0.15) is 0 Å². The van der Waals surface area contributed by atoms with Crippen molar-refractivity contribution in [3.8, 4) is 0 Å². The third kappa shape index (κ3) is 2.10. The van der Waals surface area contributed by atoms with Gasteiger partial charge < -0.3 is 5.73 Å². The summed E-state index contributed by atoms with van der Waals surface area (Å²) >= 11 is 1.26. The van der Waals surface area contributed by atoms with Crippen LogP contribution >= 0.6 is 11.3 Å². The van der Waals surface area contributed by atoms with Gasteiger partial charge in [0.25, 0.3) is 5.91 Å². The quantitative estimate of drug-likeness (QED) is 0.749. The van der Waals surface area contributed by atoms with Crippen molar-refractivity contribution in [2.24, 2.45) is 0 Å². The van der Waals surface area contributed by atoms with Crippen LogP contribution in [0.5, 0.6) is 0 Å². The lowest BCUT2D eigenvalue weighted by molar-refractivity contribution is 0.102. The van der Waals surface area contributed by atoms with Gasteiger partial charge in [-0.15, -0.1) is 10.2 Å². The van der Waals surface area contributed by atoms with E-state index in [2.05, 4.69) is 15.5 Å². The molecule has 1 amide bonds. The smallest absolute Gasteiger partial charge is 0.259 e. The lowest BCUT2D eigenvalue weighted by Crippen LogP contribution is -2.13. The highest BCUT2D eigenvalue weighted by atomic mass is 32.1. The number of nitrogens with one attached hydrogen (secondary N) is 1. The summed E-state index contributed by atoms with van der Waals surface area (Å²) in [5, 5.41) is 10.4. The van der Waals surface area contributed by atoms with E-state index in [1.807, 2.05) is 0 Å². The molecule has 6 heteroatoms. The Morgan fingerprint density at radius 3 is 2.87 bits per heavy atom. The van der Waals surface area contributed by atoms with Gasteiger partial charge >= 0.3 is 0 Å². The van der Waals surface area contributed by atoms with Crippen molar-refractivity contribution in [1.29, 1.82) is 0 Å². The van der Waals surface area contributed by atoms with E-state index in [1.165, 1.54) is 11.3 Å². The van der Waals surface area contributed by atoms with Crippen molar-refractivity contribution in [1.82, 2.24) is 10.2 Å². The third-order valence-electron chi connectivity index (χ3n) is 1.79. The van der Waals surface area contributed by atoms with Gasteiger partial charge in [0, 0.05) is 5.69 Å². The van der Waals surface area contributed by atoms with Crippen molar-refractivity contribution in [2.45, 2.75) is 0 Å². The Balaban J connectivity index is 2.19. The van der Waals surface area contributed by atoms with E-state index in [1.54, 1.807) is 29.8 Å². The van der Waals surface area contributed by atoms with Crippen molar-refractivity contribution in [2.75, 3.05) is 11.1 Å². The van der Waals surface area contributed by atoms with Gasteiger partial charge in [0.2, 0.25) is 5.13 Å². The monoisotopic (exact) mass is 220 g/mol. The summed E-state index contributed by atoms with van der Waals surface area (Å²) in [6.45, 7) is 0. The fourth-order valence-electron chi connectivity index (χ4n) is 1.10. The molecule has 0 bridgehead atoms. The molecule has 0 atom stereocenters. The average Bonchev–Trinajstić information content (AvgIpc) is 2.71. The molecule has 2 aromatic rings. The number of nitrogen functional groups attached to an aromatic ring is 1. The van der Waals surface area contributed by atoms with Crippen molar-refractivity contribution in [3.63, 3.8) is 0 Å². The van der Waals surface area contributed by atoms with E-state index in [-0.39, 0.29) is 5.91 Å². The molecule has 0 aliphatic heterocycles. The molecule has 0 unspecified atom stereocenters. The number of carbonyl (C=O) groups excluding carboxylic acids is 1. The molecule has 5 nitrogen and oxygen atoms in total. The number of para-hydroxylation sites is 1. The largest absolute Gasteiger partial charge is 0.398 e. The predicted molar refractivity (Wildman–Crippen MR) is 58.7 cm³/mol. The summed E-state index contributed by atoms with van der Waals surface area (Å²) in [6.07, 6.45) is 0. The first-order valence-electron chi connectivity index (χ1n) is 4.19. The zero-order valence-corrected chi connectivity index (χ0v) is 8.49. The zero-order valence-electron chi connectivity index (χ0n) is 7.68. The van der Waals surface area contributed by atoms with Crippen LogP contribution in [0.3, 0.4) is 0 Å². The number of amides is 1. The Hall–Kier alpha value is -1.95. The lowest BCUT2D eigenvalue weighted by Gasteiger charge is -2.03. The summed E-state index contributed by atoms with van der Waals surface area (Å²) in [5.74, 6) is -0.273. The molecule has 2 rings (SSSR count). The molecule has 1 aromatic carbocycles. The van der Waals surface area contributed by atoms with Gasteiger partial charge in [0.05, 0.1) is 5.56 Å². The highest BCUT2D eigenvalue weighted by Gasteiger charge is 2.10. The molecular formula is C9H8N4OS. The molecular weight excluding hydrogens is 212 g/mol. The maximum absolute atomic E-state index is 11.7. The third-order valence-corrected chi connectivity index (χ3v) is 2.39. The second kappa shape index (κ2) is 4.05. The molecule has 3 N–H and O–H groups in total. The predicted octanol–water partition coefficient (Wildman–Crippen LogP) is 1.37. The van der Waals surface area contributed by atoms with E-state index in [0.29, 0.717) is 16.4 Å². The van der Waals surface area contributed by atoms with Gasteiger partial charge in [0.1, 0.15) is 5.51 Å². The molecule has 76 valence electrons. The molecule has 0 spiro atoms. The SMILES string of the molecule is Nc1ccccc1C(=O)Nc1nncs1. The maximum atomic E-state index is 11.7. The van der Waals surface area contributed by atoms with Crippen LogP contribution in [0.4, 0.5) is 10.8 Å². The molecule has 0 fully saturated rings. The minimum Gasteiger partial charge on any atom is -0.398 e. The number of carbonyl (C=O) groups is 1. The fraction of sp³-hybridized carbons (Fsp3) is 0. The van der Waals surface area contributed by atoms with E-state index in [4.69, 9.17) is 5.73 Å². The second-order valence-corrected chi connectivity index (χ2v) is 3.62. The highest BCUT2D eigenvalue weighted by Crippen LogP contribution is 2.14. The highest BCUT2D eigenvalue weighted by molar-refractivity contribution is 7.13. The maximum Gasteiger partial charge on any atom is 0.259 e. The number of hydrogen-bond acceptors (Lipinski definition) is 5. The van der Waals surface area contributed by atoms with Gasteiger partial charge in [0.15, 0.2) is 0 Å². The Morgan fingerprint density at radius 1 is 1.40 bits per heavy atom. The number of hydrogen-bond donors (Lipinski definition) is 2. The molecule has 15 heavy (non-hydrogen) atoms. The topological polar surface area (TPSA) is 80.9 Å². The minimum absolute atomic E-state index is 0.273. The first-order valence-corrected chi connectivity index (χ1v) is 5.07. The molecule has 0 aliphatic carbocycles. The summed E-state index contributed by atoms with van der Waals surface area (Å²) in [4.78, 5) is 11.7. The number of aromatic nitrogens is 2. The first kappa shape index (κ1) is 9.60. The summed E-state index contributed by atoms with van der Waals surface area (Å²) < 4.78 is 0. The Bertz CT molecular complexity index is 469. The van der Waals surface area contributed by atoms with Crippen LogP contribution < -0.4 is 11.1 Å². The van der Waals surface area contributed by atoms with E-state index >= 15 is 0 Å². The van der Waals surface area contributed by atoms with Crippen LogP contribution in [0.2, 0.25) is 0 Å². The summed E-state index contributed by atoms with van der Waals surface area (Å²) in [7, 11) is 0. The van der Waals surface area contributed by atoms with Crippen LogP contribution in [0.15, 0.2) is 29.8 Å². The van der Waals surface area contributed by atoms with Crippen LogP contribution in [-0.2, 0) is 0 Å². The number of anilines is 2. The number of nitrogens with two attached hydrogens (primary N) is 1. The molecule has 0 aliphatic rings. The minimum atomic E-state index is -0.273. The van der Waals surface area contributed by atoms with Crippen LogP contribution in [-0.4, -0.2) is 16.1 Å². The van der Waals surface area contributed by atoms with Gasteiger partial charge in [-0.05, 0) is 12.1 Å². The molecule has 0 saturated carbocycles. The molecule has 1 heterocycles. The first-order chi connectivity index (χ1) is 7.27. The Morgan fingerprint density at radius 2 is 2.20 bits per heavy atom. The Kier molecular flexibility index (Phi) is 2.59. The van der Waals surface area contributed by atoms with Crippen molar-refractivity contribution in [3.05, 3.63) is 35.3 Å². The number of benzene rings is 1. The Labute approximate surface area is 90.0 Å². The van der Waals surface area contributed by atoms with Crippen molar-refractivity contribution >= 4 is 28.1 Å². The van der Waals surface area contributed by atoms with Crippen molar-refractivity contribution < 1.29 is 4.79 Å². The van der Waals surface area contributed by atoms with Gasteiger partial charge in [-0.3, -0.25) is 10.1 Å². The second-order valence-electron chi connectivity index (χ2n) is 2.79. The number of nitrogens with zero attached hydrogens (tertiary/aromatic N) is 2. The molecule has 1 aromatic heterocycles. The molecule has 0 radical (unpaired) electrons. The lowest BCUT2D eigenvalue weighted by atomic mass is 10.2. The van der Waals surface area contributed by atoms with Crippen LogP contribution in [0.1, 0.15) is 10.4 Å². The van der Waals surface area contributed by atoms with Gasteiger partial charge in [-0.25, -0.2) is 0 Å². The van der Waals surface area contributed by atoms with E-state index in [9.17, 15) is 4.79 Å². The fourth-order valence-corrected chi connectivity index (χ4v) is 1.54. The van der Waals surface area contributed by atoms with Gasteiger partial charge in [-0.1, -0.05) is 23.5 Å². The standard InChI is InChI=1S/C9H8N4OS/c10-7-4-2-1-3-6(7)8(14)12-9-13-11-5-15-9/h1-5H,10H2,(H,12,13,14). The van der Waals surface area contributed by atoms with Crippen LogP contribution in [0.25, 0.3) is 0 Å².